The molecule has 2 amide bonds. The number of rotatable bonds is 3. The van der Waals surface area contributed by atoms with Crippen LogP contribution in [0.4, 0.5) is 4.79 Å². The third-order valence-corrected chi connectivity index (χ3v) is 4.21. The molecule has 0 aromatic rings. The van der Waals surface area contributed by atoms with E-state index in [9.17, 15) is 14.7 Å². The number of nitrogens with zero attached hydrogens (tertiary/aromatic N) is 2. The smallest absolute Gasteiger partial charge is 0.320 e. The second-order valence-corrected chi connectivity index (χ2v) is 5.97. The van der Waals surface area contributed by atoms with Crippen LogP contribution in [0.5, 0.6) is 0 Å². The first-order chi connectivity index (χ1) is 10.0. The predicted molar refractivity (Wildman–Crippen MR) is 74.9 cm³/mol. The zero-order chi connectivity index (χ0) is 15.4. The summed E-state index contributed by atoms with van der Waals surface area (Å²) in [5, 5.41) is 18.1. The van der Waals surface area contributed by atoms with Gasteiger partial charge in [-0.15, -0.1) is 0 Å². The van der Waals surface area contributed by atoms with Crippen molar-refractivity contribution in [1.82, 2.24) is 9.80 Å². The van der Waals surface area contributed by atoms with Gasteiger partial charge in [-0.25, -0.2) is 4.79 Å². The summed E-state index contributed by atoms with van der Waals surface area (Å²) in [4.78, 5) is 26.9. The molecule has 2 saturated heterocycles. The van der Waals surface area contributed by atoms with Crippen molar-refractivity contribution in [2.45, 2.75) is 38.3 Å². The lowest BCUT2D eigenvalue weighted by molar-refractivity contribution is -0.138. The van der Waals surface area contributed by atoms with Gasteiger partial charge in [-0.3, -0.25) is 4.79 Å². The van der Waals surface area contributed by atoms with E-state index in [0.717, 1.165) is 12.8 Å². The fourth-order valence-electron chi connectivity index (χ4n) is 3.03. The lowest BCUT2D eigenvalue weighted by atomic mass is 9.95. The molecule has 2 rings (SSSR count). The van der Waals surface area contributed by atoms with Crippen LogP contribution < -0.4 is 0 Å². The first-order valence-electron chi connectivity index (χ1n) is 7.51. The molecule has 2 aliphatic rings. The maximum absolute atomic E-state index is 12.6. The molecule has 2 aliphatic heterocycles. The van der Waals surface area contributed by atoms with Gasteiger partial charge >= 0.3 is 12.0 Å². The predicted octanol–water partition coefficient (Wildman–Crippen LogP) is 0.375. The SMILES string of the molecule is CC1COC(CO)CN1C(=O)N1CCCC(CC(=O)O)C1. The van der Waals surface area contributed by atoms with E-state index in [1.54, 1.807) is 9.80 Å². The van der Waals surface area contributed by atoms with E-state index >= 15 is 0 Å². The molecule has 0 aliphatic carbocycles. The van der Waals surface area contributed by atoms with Crippen LogP contribution in [0.2, 0.25) is 0 Å². The molecule has 0 aromatic heterocycles. The first-order valence-corrected chi connectivity index (χ1v) is 7.51. The number of piperidine rings is 1. The Morgan fingerprint density at radius 1 is 1.33 bits per heavy atom. The van der Waals surface area contributed by atoms with Crippen molar-refractivity contribution >= 4 is 12.0 Å². The van der Waals surface area contributed by atoms with Gasteiger partial charge in [-0.2, -0.15) is 0 Å². The van der Waals surface area contributed by atoms with Crippen molar-refractivity contribution in [3.05, 3.63) is 0 Å². The minimum absolute atomic E-state index is 0.0276. The molecule has 120 valence electrons. The van der Waals surface area contributed by atoms with Crippen molar-refractivity contribution in [3.8, 4) is 0 Å². The van der Waals surface area contributed by atoms with E-state index in [4.69, 9.17) is 9.84 Å². The fourth-order valence-corrected chi connectivity index (χ4v) is 3.03. The Balaban J connectivity index is 1.96. The molecule has 2 fully saturated rings. The monoisotopic (exact) mass is 300 g/mol. The number of carbonyl (C=O) groups is 2. The number of ether oxygens (including phenoxy) is 1. The Hall–Kier alpha value is -1.34. The molecule has 0 bridgehead atoms. The quantitative estimate of drug-likeness (QED) is 0.786. The summed E-state index contributed by atoms with van der Waals surface area (Å²) >= 11 is 0. The lowest BCUT2D eigenvalue weighted by Gasteiger charge is -2.42. The summed E-state index contributed by atoms with van der Waals surface area (Å²) in [5.74, 6) is -0.778. The van der Waals surface area contributed by atoms with E-state index in [0.29, 0.717) is 26.2 Å². The van der Waals surface area contributed by atoms with Crippen LogP contribution in [0.15, 0.2) is 0 Å². The van der Waals surface area contributed by atoms with Crippen molar-refractivity contribution in [1.29, 1.82) is 0 Å². The van der Waals surface area contributed by atoms with Crippen LogP contribution in [0.25, 0.3) is 0 Å². The topological polar surface area (TPSA) is 90.3 Å². The zero-order valence-electron chi connectivity index (χ0n) is 12.4. The highest BCUT2D eigenvalue weighted by Gasteiger charge is 2.34. The number of hydrogen-bond acceptors (Lipinski definition) is 4. The summed E-state index contributed by atoms with van der Waals surface area (Å²) in [6.45, 7) is 3.80. The Kier molecular flexibility index (Phi) is 5.41. The highest BCUT2D eigenvalue weighted by atomic mass is 16.5. The fraction of sp³-hybridized carbons (Fsp3) is 0.857. The van der Waals surface area contributed by atoms with Gasteiger partial charge in [-0.1, -0.05) is 0 Å². The van der Waals surface area contributed by atoms with Crippen LogP contribution in [0.3, 0.4) is 0 Å². The normalized spacial score (nSPS) is 30.3. The van der Waals surface area contributed by atoms with Crippen LogP contribution >= 0.6 is 0 Å². The molecule has 2 heterocycles. The lowest BCUT2D eigenvalue weighted by Crippen LogP contribution is -2.57. The average molecular weight is 300 g/mol. The Bertz CT molecular complexity index is 390. The van der Waals surface area contributed by atoms with Crippen LogP contribution in [0, 0.1) is 5.92 Å². The van der Waals surface area contributed by atoms with E-state index in [1.807, 2.05) is 6.92 Å². The van der Waals surface area contributed by atoms with E-state index in [1.165, 1.54) is 0 Å². The van der Waals surface area contributed by atoms with Crippen molar-refractivity contribution in [3.63, 3.8) is 0 Å². The number of morpholine rings is 1. The second kappa shape index (κ2) is 7.09. The summed E-state index contributed by atoms with van der Waals surface area (Å²) in [6, 6.07) is -0.0977. The minimum Gasteiger partial charge on any atom is -0.481 e. The number of hydrogen-bond donors (Lipinski definition) is 2. The van der Waals surface area contributed by atoms with E-state index in [2.05, 4.69) is 0 Å². The van der Waals surface area contributed by atoms with Gasteiger partial charge < -0.3 is 24.7 Å². The zero-order valence-corrected chi connectivity index (χ0v) is 12.4. The Morgan fingerprint density at radius 3 is 2.76 bits per heavy atom. The highest BCUT2D eigenvalue weighted by molar-refractivity contribution is 5.75. The van der Waals surface area contributed by atoms with E-state index < -0.39 is 5.97 Å². The molecule has 7 heteroatoms. The number of likely N-dealkylation sites (tertiary alicyclic amines) is 1. The number of carboxylic acid groups (broad SMARTS) is 1. The van der Waals surface area contributed by atoms with Crippen molar-refractivity contribution in [2.75, 3.05) is 32.8 Å². The third kappa shape index (κ3) is 4.07. The molecule has 7 nitrogen and oxygen atoms in total. The minimum atomic E-state index is -0.811. The number of amides is 2. The van der Waals surface area contributed by atoms with E-state index in [-0.39, 0.29) is 37.1 Å². The van der Waals surface area contributed by atoms with Crippen molar-refractivity contribution in [2.24, 2.45) is 5.92 Å². The molecule has 0 aromatic carbocycles. The van der Waals surface area contributed by atoms with Gasteiger partial charge in [0.1, 0.15) is 0 Å². The summed E-state index contributed by atoms with van der Waals surface area (Å²) in [7, 11) is 0. The van der Waals surface area contributed by atoms with Gasteiger partial charge in [0.25, 0.3) is 0 Å². The molecule has 3 unspecified atom stereocenters. The number of aliphatic carboxylic acids is 1. The number of aliphatic hydroxyl groups is 1. The van der Waals surface area contributed by atoms with Gasteiger partial charge in [0.05, 0.1) is 31.9 Å². The second-order valence-electron chi connectivity index (χ2n) is 5.97. The highest BCUT2D eigenvalue weighted by Crippen LogP contribution is 2.22. The van der Waals surface area contributed by atoms with Crippen LogP contribution in [-0.2, 0) is 9.53 Å². The molecule has 0 saturated carbocycles. The van der Waals surface area contributed by atoms with Gasteiger partial charge in [0.2, 0.25) is 0 Å². The number of carbonyl (C=O) groups excluding carboxylic acids is 1. The maximum atomic E-state index is 12.6. The molecule has 0 spiro atoms. The molecule has 21 heavy (non-hydrogen) atoms. The molecular formula is C14H24N2O5. The standard InChI is InChI=1S/C14H24N2O5/c1-10-9-21-12(8-17)7-16(10)14(20)15-4-2-3-11(6-15)5-13(18)19/h10-12,17H,2-9H2,1H3,(H,18,19). The number of aliphatic hydroxyl groups excluding tert-OH is 1. The number of carboxylic acids is 1. The Labute approximate surface area is 124 Å². The average Bonchev–Trinajstić information content (AvgIpc) is 2.46. The number of urea groups is 1. The van der Waals surface area contributed by atoms with Crippen LogP contribution in [0.1, 0.15) is 26.2 Å². The molecule has 0 radical (unpaired) electrons. The Morgan fingerprint density at radius 2 is 2.10 bits per heavy atom. The van der Waals surface area contributed by atoms with Crippen LogP contribution in [-0.4, -0.2) is 77.0 Å². The molecule has 2 N–H and O–H groups in total. The largest absolute Gasteiger partial charge is 0.481 e. The van der Waals surface area contributed by atoms with Gasteiger partial charge in [0.15, 0.2) is 0 Å². The molecular weight excluding hydrogens is 276 g/mol. The first kappa shape index (κ1) is 16.0. The van der Waals surface area contributed by atoms with Crippen molar-refractivity contribution < 1.29 is 24.5 Å². The molecule has 3 atom stereocenters. The summed E-state index contributed by atoms with van der Waals surface area (Å²) in [6.07, 6.45) is 1.48. The summed E-state index contributed by atoms with van der Waals surface area (Å²) in [5.41, 5.74) is 0. The summed E-state index contributed by atoms with van der Waals surface area (Å²) < 4.78 is 5.44. The van der Waals surface area contributed by atoms with Gasteiger partial charge in [-0.05, 0) is 25.7 Å². The third-order valence-electron chi connectivity index (χ3n) is 4.21. The van der Waals surface area contributed by atoms with Gasteiger partial charge in [0, 0.05) is 19.5 Å². The maximum Gasteiger partial charge on any atom is 0.320 e.